The summed E-state index contributed by atoms with van der Waals surface area (Å²) >= 11 is 0. The number of nitrogens with zero attached hydrogens (tertiary/aromatic N) is 3. The van der Waals surface area contributed by atoms with Crippen molar-refractivity contribution in [1.29, 1.82) is 0 Å². The van der Waals surface area contributed by atoms with Gasteiger partial charge in [0.2, 0.25) is 0 Å². The smallest absolute Gasteiger partial charge is 0.259 e. The lowest BCUT2D eigenvalue weighted by molar-refractivity contribution is -0.152. The number of piperidine rings is 1. The second kappa shape index (κ2) is 9.91. The number of rotatable bonds is 6. The molecule has 2 amide bonds. The van der Waals surface area contributed by atoms with E-state index < -0.39 is 28.7 Å². The summed E-state index contributed by atoms with van der Waals surface area (Å²) in [4.78, 5) is 30.1. The molecule has 2 aromatic rings. The van der Waals surface area contributed by atoms with Crippen LogP contribution in [-0.2, 0) is 10.4 Å². The monoisotopic (exact) mass is 486 g/mol. The first kappa shape index (κ1) is 25.1. The number of carbonyl (C=O) groups excluding carboxylic acids is 2. The molecule has 0 aliphatic carbocycles. The summed E-state index contributed by atoms with van der Waals surface area (Å²) in [5.41, 5.74) is -1.22. The number of anilines is 1. The van der Waals surface area contributed by atoms with Crippen molar-refractivity contribution >= 4 is 17.5 Å². The fourth-order valence-electron chi connectivity index (χ4n) is 4.85. The topological polar surface area (TPSA) is 76.1 Å². The van der Waals surface area contributed by atoms with Gasteiger partial charge >= 0.3 is 0 Å². The highest BCUT2D eigenvalue weighted by Gasteiger charge is 2.40. The summed E-state index contributed by atoms with van der Waals surface area (Å²) < 4.78 is 28.7. The van der Waals surface area contributed by atoms with Crippen LogP contribution in [0.5, 0.6) is 0 Å². The molecule has 1 unspecified atom stereocenters. The van der Waals surface area contributed by atoms with Gasteiger partial charge in [-0.05, 0) is 37.5 Å². The van der Waals surface area contributed by atoms with Gasteiger partial charge in [-0.3, -0.25) is 14.5 Å². The van der Waals surface area contributed by atoms with Crippen molar-refractivity contribution in [3.8, 4) is 0 Å². The number of carbonyl (C=O) groups is 2. The van der Waals surface area contributed by atoms with Gasteiger partial charge in [-0.25, -0.2) is 8.78 Å². The van der Waals surface area contributed by atoms with Crippen molar-refractivity contribution in [3.63, 3.8) is 0 Å². The molecule has 2 N–H and O–H groups in total. The third-order valence-corrected chi connectivity index (χ3v) is 6.96. The average molecular weight is 487 g/mol. The van der Waals surface area contributed by atoms with Gasteiger partial charge in [0.15, 0.2) is 5.60 Å². The first-order valence-electron chi connectivity index (χ1n) is 11.9. The van der Waals surface area contributed by atoms with Crippen LogP contribution in [0.25, 0.3) is 0 Å². The molecule has 9 heteroatoms. The first-order valence-corrected chi connectivity index (χ1v) is 11.9. The highest BCUT2D eigenvalue weighted by atomic mass is 19.1. The van der Waals surface area contributed by atoms with Gasteiger partial charge in [0.1, 0.15) is 17.2 Å². The van der Waals surface area contributed by atoms with Crippen molar-refractivity contribution in [2.75, 3.05) is 45.6 Å². The highest BCUT2D eigenvalue weighted by Crippen LogP contribution is 2.29. The number of benzene rings is 2. The highest BCUT2D eigenvalue weighted by molar-refractivity contribution is 5.94. The summed E-state index contributed by atoms with van der Waals surface area (Å²) in [6.07, 6.45) is 1.60. The molecule has 2 aliphatic heterocycles. The summed E-state index contributed by atoms with van der Waals surface area (Å²) in [5.74, 6) is -2.77. The first-order chi connectivity index (χ1) is 16.6. The van der Waals surface area contributed by atoms with Crippen LogP contribution >= 0.6 is 0 Å². The van der Waals surface area contributed by atoms with Crippen LogP contribution in [-0.4, -0.2) is 84.0 Å². The lowest BCUT2D eigenvalue weighted by atomic mass is 9.92. The molecule has 1 atom stereocenters. The summed E-state index contributed by atoms with van der Waals surface area (Å²) in [7, 11) is 2.89. The van der Waals surface area contributed by atoms with Crippen LogP contribution in [0, 0.1) is 11.6 Å². The number of amides is 2. The third kappa shape index (κ3) is 5.16. The molecule has 0 saturated carbocycles. The lowest BCUT2D eigenvalue weighted by Crippen LogP contribution is -2.61. The van der Waals surface area contributed by atoms with Gasteiger partial charge in [0.05, 0.1) is 6.04 Å². The molecule has 35 heavy (non-hydrogen) atoms. The average Bonchev–Trinajstić information content (AvgIpc) is 2.80. The SMILES string of the molecule is CN(C)C(=O)c1c(F)cc(NC2CN(C3CCN(C(=O)C(C)(O)c4ccccc4)CC3)C2)cc1F. The Hall–Kier alpha value is -3.04. The number of hydrogen-bond donors (Lipinski definition) is 2. The van der Waals surface area contributed by atoms with E-state index in [1.807, 2.05) is 6.07 Å². The zero-order chi connectivity index (χ0) is 25.3. The Morgan fingerprint density at radius 1 is 1.06 bits per heavy atom. The van der Waals surface area contributed by atoms with Gasteiger partial charge in [-0.1, -0.05) is 30.3 Å². The van der Waals surface area contributed by atoms with Crippen molar-refractivity contribution in [3.05, 3.63) is 65.2 Å². The largest absolute Gasteiger partial charge is 0.380 e. The van der Waals surface area contributed by atoms with E-state index >= 15 is 0 Å². The van der Waals surface area contributed by atoms with E-state index in [2.05, 4.69) is 10.2 Å². The molecule has 2 fully saturated rings. The van der Waals surface area contributed by atoms with E-state index in [1.165, 1.54) is 21.0 Å². The predicted octanol–water partition coefficient (Wildman–Crippen LogP) is 2.66. The molecule has 0 spiro atoms. The van der Waals surface area contributed by atoms with Crippen molar-refractivity contribution in [2.45, 2.75) is 37.5 Å². The van der Waals surface area contributed by atoms with Crippen LogP contribution < -0.4 is 5.32 Å². The molecule has 2 aliphatic rings. The predicted molar refractivity (Wildman–Crippen MR) is 129 cm³/mol. The van der Waals surface area contributed by atoms with Crippen molar-refractivity contribution in [2.24, 2.45) is 0 Å². The Morgan fingerprint density at radius 3 is 2.17 bits per heavy atom. The molecular weight excluding hydrogens is 454 g/mol. The fraction of sp³-hybridized carbons (Fsp3) is 0.462. The molecule has 2 aromatic carbocycles. The van der Waals surface area contributed by atoms with Crippen LogP contribution in [0.1, 0.15) is 35.7 Å². The van der Waals surface area contributed by atoms with Gasteiger partial charge in [0, 0.05) is 52.0 Å². The second-order valence-electron chi connectivity index (χ2n) is 9.77. The normalized spacial score (nSPS) is 19.1. The molecule has 7 nitrogen and oxygen atoms in total. The van der Waals surface area contributed by atoms with Gasteiger partial charge < -0.3 is 20.2 Å². The van der Waals surface area contributed by atoms with E-state index in [0.29, 0.717) is 30.4 Å². The van der Waals surface area contributed by atoms with E-state index in [4.69, 9.17) is 0 Å². The van der Waals surface area contributed by atoms with Crippen molar-refractivity contribution < 1.29 is 23.5 Å². The minimum atomic E-state index is -1.56. The maximum Gasteiger partial charge on any atom is 0.259 e. The lowest BCUT2D eigenvalue weighted by Gasteiger charge is -2.48. The maximum absolute atomic E-state index is 14.4. The molecule has 2 saturated heterocycles. The molecule has 4 rings (SSSR count). The van der Waals surface area contributed by atoms with E-state index in [9.17, 15) is 23.5 Å². The van der Waals surface area contributed by atoms with E-state index in [-0.39, 0.29) is 11.9 Å². The van der Waals surface area contributed by atoms with Gasteiger partial charge in [-0.2, -0.15) is 0 Å². The maximum atomic E-state index is 14.4. The summed E-state index contributed by atoms with van der Waals surface area (Å²) in [6, 6.07) is 11.6. The van der Waals surface area contributed by atoms with Crippen molar-refractivity contribution in [1.82, 2.24) is 14.7 Å². The second-order valence-corrected chi connectivity index (χ2v) is 9.77. The zero-order valence-electron chi connectivity index (χ0n) is 20.3. The standard InChI is InChI=1S/C26H32F2N4O3/c1-26(35,17-7-5-4-6-8-17)25(34)31-11-9-20(10-12-31)32-15-19(16-32)29-18-13-21(27)23(22(28)14-18)24(33)30(2)3/h4-8,13-14,19-20,29,35H,9-12,15-16H2,1-3H3. The van der Waals surface area contributed by atoms with E-state index in [1.54, 1.807) is 29.2 Å². The minimum Gasteiger partial charge on any atom is -0.380 e. The van der Waals surface area contributed by atoms with E-state index in [0.717, 1.165) is 43.0 Å². The molecule has 0 radical (unpaired) electrons. The van der Waals surface area contributed by atoms with Gasteiger partial charge in [-0.15, -0.1) is 0 Å². The number of nitrogens with one attached hydrogen (secondary N) is 1. The van der Waals surface area contributed by atoms with Crippen LogP contribution in [0.15, 0.2) is 42.5 Å². The van der Waals surface area contributed by atoms with Gasteiger partial charge in [0.25, 0.3) is 11.8 Å². The molecule has 0 bridgehead atoms. The Balaban J connectivity index is 1.27. The van der Waals surface area contributed by atoms with Crippen LogP contribution in [0.2, 0.25) is 0 Å². The van der Waals surface area contributed by atoms with Crippen LogP contribution in [0.4, 0.5) is 14.5 Å². The quantitative estimate of drug-likeness (QED) is 0.657. The Labute approximate surface area is 204 Å². The minimum absolute atomic E-state index is 0.0441. The molecule has 188 valence electrons. The molecule has 2 heterocycles. The molecular formula is C26H32F2N4O3. The molecule has 0 aromatic heterocycles. The number of halogens is 2. The number of aliphatic hydroxyl groups is 1. The Morgan fingerprint density at radius 2 is 1.63 bits per heavy atom. The Bertz CT molecular complexity index is 1060. The van der Waals surface area contributed by atoms with Crippen LogP contribution in [0.3, 0.4) is 0 Å². The number of likely N-dealkylation sites (tertiary alicyclic amines) is 2. The number of hydrogen-bond acceptors (Lipinski definition) is 5. The summed E-state index contributed by atoms with van der Waals surface area (Å²) in [6.45, 7) is 4.12. The third-order valence-electron chi connectivity index (χ3n) is 6.96. The summed E-state index contributed by atoms with van der Waals surface area (Å²) in [5, 5.41) is 14.0. The zero-order valence-corrected chi connectivity index (χ0v) is 20.3. The Kier molecular flexibility index (Phi) is 7.10. The fourth-order valence-corrected chi connectivity index (χ4v) is 4.85.